The van der Waals surface area contributed by atoms with Gasteiger partial charge in [-0.1, -0.05) is 18.7 Å². The fourth-order valence-electron chi connectivity index (χ4n) is 3.26. The van der Waals surface area contributed by atoms with E-state index in [1.54, 1.807) is 6.20 Å². The molecule has 0 unspecified atom stereocenters. The van der Waals surface area contributed by atoms with Crippen molar-refractivity contribution < 1.29 is 4.79 Å². The number of hydrogen-bond donors (Lipinski definition) is 1. The quantitative estimate of drug-likeness (QED) is 0.849. The SMILES string of the molecule is CC1CCN(c2ccc(Nc3ncc4c(n3)SCC(=O)C4)cc2)CC1. The number of aromatic nitrogens is 2. The van der Waals surface area contributed by atoms with E-state index in [1.165, 1.54) is 30.3 Å². The number of nitrogens with one attached hydrogen (secondary N) is 1. The van der Waals surface area contributed by atoms with Gasteiger partial charge in [0.05, 0.1) is 5.75 Å². The molecule has 2 aliphatic heterocycles. The molecule has 0 aliphatic carbocycles. The molecular formula is C19H22N4OS. The molecule has 2 aliphatic rings. The third kappa shape index (κ3) is 3.79. The molecule has 1 saturated heterocycles. The summed E-state index contributed by atoms with van der Waals surface area (Å²) < 4.78 is 0. The minimum absolute atomic E-state index is 0.240. The van der Waals surface area contributed by atoms with Gasteiger partial charge in [0.1, 0.15) is 10.8 Å². The molecule has 1 aromatic heterocycles. The van der Waals surface area contributed by atoms with Crippen molar-refractivity contribution in [1.82, 2.24) is 9.97 Å². The predicted octanol–water partition coefficient (Wildman–Crippen LogP) is 3.67. The van der Waals surface area contributed by atoms with Gasteiger partial charge in [0.2, 0.25) is 5.95 Å². The van der Waals surface area contributed by atoms with E-state index in [0.717, 1.165) is 35.3 Å². The first-order valence-corrected chi connectivity index (χ1v) is 9.78. The summed E-state index contributed by atoms with van der Waals surface area (Å²) in [7, 11) is 0. The average Bonchev–Trinajstić information content (AvgIpc) is 2.63. The van der Waals surface area contributed by atoms with Crippen LogP contribution in [0.2, 0.25) is 0 Å². The van der Waals surface area contributed by atoms with E-state index in [-0.39, 0.29) is 5.78 Å². The van der Waals surface area contributed by atoms with Crippen molar-refractivity contribution in [3.05, 3.63) is 36.0 Å². The predicted molar refractivity (Wildman–Crippen MR) is 102 cm³/mol. The van der Waals surface area contributed by atoms with E-state index in [1.807, 2.05) is 0 Å². The lowest BCUT2D eigenvalue weighted by molar-refractivity contribution is -0.116. The van der Waals surface area contributed by atoms with Crippen LogP contribution in [0.5, 0.6) is 0 Å². The Morgan fingerprint density at radius 2 is 1.96 bits per heavy atom. The number of rotatable bonds is 3. The summed E-state index contributed by atoms with van der Waals surface area (Å²) in [5.41, 5.74) is 3.19. The van der Waals surface area contributed by atoms with Gasteiger partial charge in [-0.2, -0.15) is 0 Å². The normalized spacial score (nSPS) is 18.1. The van der Waals surface area contributed by atoms with Crippen LogP contribution in [-0.4, -0.2) is 34.6 Å². The van der Waals surface area contributed by atoms with Crippen LogP contribution in [0.1, 0.15) is 25.3 Å². The Kier molecular flexibility index (Phi) is 4.61. The van der Waals surface area contributed by atoms with E-state index in [2.05, 4.69) is 51.4 Å². The Bertz CT molecular complexity index is 769. The lowest BCUT2D eigenvalue weighted by atomic mass is 9.99. The summed E-state index contributed by atoms with van der Waals surface area (Å²) in [6.07, 6.45) is 4.75. The number of hydrogen-bond acceptors (Lipinski definition) is 6. The number of ketones is 1. The van der Waals surface area contributed by atoms with Crippen molar-refractivity contribution in [1.29, 1.82) is 0 Å². The molecule has 6 heteroatoms. The first-order valence-electron chi connectivity index (χ1n) is 8.80. The second kappa shape index (κ2) is 7.04. The zero-order chi connectivity index (χ0) is 17.2. The number of nitrogens with zero attached hydrogens (tertiary/aromatic N) is 3. The Morgan fingerprint density at radius 3 is 2.72 bits per heavy atom. The van der Waals surface area contributed by atoms with Gasteiger partial charge in [0.15, 0.2) is 0 Å². The summed E-state index contributed by atoms with van der Waals surface area (Å²) in [6.45, 7) is 4.60. The molecule has 130 valence electrons. The molecule has 1 aromatic carbocycles. The first-order chi connectivity index (χ1) is 12.2. The number of Topliss-reactive ketones (excluding diaryl/α,β-unsaturated/α-hetero) is 1. The van der Waals surface area contributed by atoms with Crippen molar-refractivity contribution >= 4 is 34.9 Å². The average molecular weight is 354 g/mol. The van der Waals surface area contributed by atoms with Crippen molar-refractivity contribution in [2.75, 3.05) is 29.1 Å². The monoisotopic (exact) mass is 354 g/mol. The summed E-state index contributed by atoms with van der Waals surface area (Å²) >= 11 is 1.50. The van der Waals surface area contributed by atoms with Crippen molar-refractivity contribution in [2.24, 2.45) is 5.92 Å². The highest BCUT2D eigenvalue weighted by Crippen LogP contribution is 2.28. The molecule has 25 heavy (non-hydrogen) atoms. The molecular weight excluding hydrogens is 332 g/mol. The molecule has 0 atom stereocenters. The number of piperidine rings is 1. The van der Waals surface area contributed by atoms with Gasteiger partial charge in [-0.3, -0.25) is 4.79 Å². The van der Waals surface area contributed by atoms with Crippen LogP contribution in [0.3, 0.4) is 0 Å². The number of carbonyl (C=O) groups excluding carboxylic acids is 1. The molecule has 0 saturated carbocycles. The standard InChI is InChI=1S/C19H22N4OS/c1-13-6-8-23(9-7-13)16-4-2-15(3-5-16)21-19-20-11-14-10-17(24)12-25-18(14)22-19/h2-5,11,13H,6-10,12H2,1H3,(H,20,21,22). The number of fused-ring (bicyclic) bond motifs is 1. The summed E-state index contributed by atoms with van der Waals surface area (Å²) in [6, 6.07) is 8.47. The molecule has 0 bridgehead atoms. The molecule has 4 rings (SSSR count). The van der Waals surface area contributed by atoms with Gasteiger partial charge in [0, 0.05) is 42.6 Å². The van der Waals surface area contributed by atoms with Crippen molar-refractivity contribution in [3.8, 4) is 0 Å². The fourth-order valence-corrected chi connectivity index (χ4v) is 4.12. The smallest absolute Gasteiger partial charge is 0.228 e. The third-order valence-corrected chi connectivity index (χ3v) is 5.95. The Labute approximate surface area is 152 Å². The zero-order valence-corrected chi connectivity index (χ0v) is 15.2. The Hall–Kier alpha value is -2.08. The van der Waals surface area contributed by atoms with E-state index in [9.17, 15) is 4.79 Å². The number of anilines is 3. The number of thioether (sulfide) groups is 1. The Balaban J connectivity index is 1.44. The molecule has 1 fully saturated rings. The third-order valence-electron chi connectivity index (χ3n) is 4.85. The largest absolute Gasteiger partial charge is 0.372 e. The highest BCUT2D eigenvalue weighted by atomic mass is 32.2. The maximum Gasteiger partial charge on any atom is 0.228 e. The van der Waals surface area contributed by atoms with E-state index < -0.39 is 0 Å². The first kappa shape index (κ1) is 16.4. The number of carbonyl (C=O) groups is 1. The molecule has 0 radical (unpaired) electrons. The van der Waals surface area contributed by atoms with Gasteiger partial charge >= 0.3 is 0 Å². The van der Waals surface area contributed by atoms with Crippen LogP contribution in [0.25, 0.3) is 0 Å². The van der Waals surface area contributed by atoms with Gasteiger partial charge in [-0.25, -0.2) is 9.97 Å². The summed E-state index contributed by atoms with van der Waals surface area (Å²) in [5.74, 6) is 2.17. The van der Waals surface area contributed by atoms with Gasteiger partial charge in [-0.15, -0.1) is 0 Å². The van der Waals surface area contributed by atoms with Crippen LogP contribution in [0.15, 0.2) is 35.5 Å². The lowest BCUT2D eigenvalue weighted by Crippen LogP contribution is -2.32. The van der Waals surface area contributed by atoms with Crippen molar-refractivity contribution in [2.45, 2.75) is 31.2 Å². The van der Waals surface area contributed by atoms with Crippen LogP contribution in [0.4, 0.5) is 17.3 Å². The zero-order valence-electron chi connectivity index (χ0n) is 14.4. The Morgan fingerprint density at radius 1 is 1.20 bits per heavy atom. The van der Waals surface area contributed by atoms with Crippen molar-refractivity contribution in [3.63, 3.8) is 0 Å². The van der Waals surface area contributed by atoms with Crippen LogP contribution >= 0.6 is 11.8 Å². The van der Waals surface area contributed by atoms with E-state index in [0.29, 0.717) is 18.1 Å². The molecule has 5 nitrogen and oxygen atoms in total. The second-order valence-electron chi connectivity index (χ2n) is 6.87. The van der Waals surface area contributed by atoms with E-state index >= 15 is 0 Å². The minimum atomic E-state index is 0.240. The maximum atomic E-state index is 11.5. The molecule has 3 heterocycles. The molecule has 1 N–H and O–H groups in total. The fraction of sp³-hybridized carbons (Fsp3) is 0.421. The van der Waals surface area contributed by atoms with Crippen LogP contribution < -0.4 is 10.2 Å². The number of benzene rings is 1. The van der Waals surface area contributed by atoms with Gasteiger partial charge in [-0.05, 0) is 43.0 Å². The highest BCUT2D eigenvalue weighted by Gasteiger charge is 2.19. The summed E-state index contributed by atoms with van der Waals surface area (Å²) in [4.78, 5) is 22.8. The lowest BCUT2D eigenvalue weighted by Gasteiger charge is -2.32. The topological polar surface area (TPSA) is 58.1 Å². The van der Waals surface area contributed by atoms with Crippen LogP contribution in [-0.2, 0) is 11.2 Å². The molecule has 0 spiro atoms. The van der Waals surface area contributed by atoms with Gasteiger partial charge in [0.25, 0.3) is 0 Å². The van der Waals surface area contributed by atoms with Gasteiger partial charge < -0.3 is 10.2 Å². The maximum absolute atomic E-state index is 11.5. The minimum Gasteiger partial charge on any atom is -0.372 e. The second-order valence-corrected chi connectivity index (χ2v) is 7.83. The molecule has 0 amide bonds. The van der Waals surface area contributed by atoms with E-state index in [4.69, 9.17) is 0 Å². The molecule has 2 aromatic rings. The highest BCUT2D eigenvalue weighted by molar-refractivity contribution is 8.00. The van der Waals surface area contributed by atoms with Crippen LogP contribution in [0, 0.1) is 5.92 Å². The summed E-state index contributed by atoms with van der Waals surface area (Å²) in [5, 5.41) is 4.18.